The molecule has 1 aliphatic rings. The minimum Gasteiger partial charge on any atom is -0.314 e. The molecule has 1 heterocycles. The van der Waals surface area contributed by atoms with Crippen LogP contribution in [0.25, 0.3) is 11.1 Å². The predicted molar refractivity (Wildman–Crippen MR) is 108 cm³/mol. The molecule has 3 rings (SSSR count). The minimum absolute atomic E-state index is 0. The Morgan fingerprint density at radius 1 is 0.917 bits per heavy atom. The maximum Gasteiger partial charge on any atom is 0.0383 e. The van der Waals surface area contributed by atoms with Gasteiger partial charge in [0, 0.05) is 32.2 Å². The van der Waals surface area contributed by atoms with E-state index in [1.54, 1.807) is 0 Å². The van der Waals surface area contributed by atoms with Gasteiger partial charge in [0.05, 0.1) is 0 Å². The number of nitrogens with zero attached hydrogens (tertiary/aromatic N) is 1. The van der Waals surface area contributed by atoms with Gasteiger partial charge in [0.25, 0.3) is 0 Å². The van der Waals surface area contributed by atoms with Crippen LogP contribution in [0.2, 0.25) is 0 Å². The maximum absolute atomic E-state index is 3.94. The van der Waals surface area contributed by atoms with E-state index in [2.05, 4.69) is 71.4 Å². The van der Waals surface area contributed by atoms with Crippen molar-refractivity contribution in [3.8, 4) is 11.1 Å². The first kappa shape index (κ1) is 20.7. The molecule has 2 aromatic rings. The molecule has 0 aromatic heterocycles. The molecule has 0 unspecified atom stereocenters. The van der Waals surface area contributed by atoms with Crippen LogP contribution >= 0.6 is 24.8 Å². The van der Waals surface area contributed by atoms with Crippen LogP contribution in [0, 0.1) is 0 Å². The molecule has 0 saturated carbocycles. The number of nitrogens with one attached hydrogen (secondary N) is 1. The van der Waals surface area contributed by atoms with Crippen LogP contribution in [-0.4, -0.2) is 31.1 Å². The molecule has 0 aliphatic carbocycles. The Bertz CT molecular complexity index is 593. The van der Waals surface area contributed by atoms with Crippen LogP contribution in [-0.2, 0) is 0 Å². The fourth-order valence-electron chi connectivity index (χ4n) is 3.18. The van der Waals surface area contributed by atoms with E-state index >= 15 is 0 Å². The standard InChI is InChI=1S/C20H24N2.2ClH/c1-2-6-20(22-15-13-21-14-16-22)19-11-9-18(10-12-19)17-7-4-3-5-8-17;;/h2-5,7-12,20-21H,1,6,13-16H2;2*1H/t20-;;/m1../s1. The minimum atomic E-state index is 0. The number of piperazine rings is 1. The largest absolute Gasteiger partial charge is 0.314 e. The molecule has 1 fully saturated rings. The summed E-state index contributed by atoms with van der Waals surface area (Å²) in [5, 5.41) is 3.43. The van der Waals surface area contributed by atoms with Crippen LogP contribution < -0.4 is 5.32 Å². The zero-order valence-corrected chi connectivity index (χ0v) is 15.5. The van der Waals surface area contributed by atoms with Crippen molar-refractivity contribution in [3.63, 3.8) is 0 Å². The monoisotopic (exact) mass is 364 g/mol. The first-order valence-electron chi connectivity index (χ1n) is 8.09. The Labute approximate surface area is 157 Å². The summed E-state index contributed by atoms with van der Waals surface area (Å²) in [4.78, 5) is 2.57. The quantitative estimate of drug-likeness (QED) is 0.772. The van der Waals surface area contributed by atoms with Crippen LogP contribution in [0.4, 0.5) is 0 Å². The lowest BCUT2D eigenvalue weighted by Crippen LogP contribution is -2.45. The summed E-state index contributed by atoms with van der Waals surface area (Å²) in [6.45, 7) is 8.32. The summed E-state index contributed by atoms with van der Waals surface area (Å²) >= 11 is 0. The van der Waals surface area contributed by atoms with Crippen molar-refractivity contribution in [3.05, 3.63) is 72.8 Å². The van der Waals surface area contributed by atoms with Gasteiger partial charge in [0.15, 0.2) is 0 Å². The third kappa shape index (κ3) is 5.09. The van der Waals surface area contributed by atoms with E-state index < -0.39 is 0 Å². The summed E-state index contributed by atoms with van der Waals surface area (Å²) < 4.78 is 0. The molecular formula is C20H26Cl2N2. The van der Waals surface area contributed by atoms with Crippen molar-refractivity contribution in [1.82, 2.24) is 10.2 Å². The number of rotatable bonds is 5. The van der Waals surface area contributed by atoms with Crippen molar-refractivity contribution < 1.29 is 0 Å². The van der Waals surface area contributed by atoms with Gasteiger partial charge < -0.3 is 5.32 Å². The van der Waals surface area contributed by atoms with Gasteiger partial charge in [-0.15, -0.1) is 31.4 Å². The Hall–Kier alpha value is -1.32. The van der Waals surface area contributed by atoms with E-state index in [0.29, 0.717) is 6.04 Å². The van der Waals surface area contributed by atoms with Crippen LogP contribution in [0.15, 0.2) is 67.3 Å². The van der Waals surface area contributed by atoms with Gasteiger partial charge in [0.1, 0.15) is 0 Å². The molecule has 2 aromatic carbocycles. The highest BCUT2D eigenvalue weighted by molar-refractivity contribution is 5.85. The van der Waals surface area contributed by atoms with Gasteiger partial charge >= 0.3 is 0 Å². The Morgan fingerprint density at radius 2 is 1.50 bits per heavy atom. The van der Waals surface area contributed by atoms with Crippen LogP contribution in [0.5, 0.6) is 0 Å². The van der Waals surface area contributed by atoms with Crippen molar-refractivity contribution >= 4 is 24.8 Å². The third-order valence-electron chi connectivity index (χ3n) is 4.38. The van der Waals surface area contributed by atoms with Crippen LogP contribution in [0.3, 0.4) is 0 Å². The molecule has 0 radical (unpaired) electrons. The third-order valence-corrected chi connectivity index (χ3v) is 4.38. The maximum atomic E-state index is 3.94. The topological polar surface area (TPSA) is 15.3 Å². The first-order valence-corrected chi connectivity index (χ1v) is 8.09. The normalized spacial score (nSPS) is 15.7. The lowest BCUT2D eigenvalue weighted by atomic mass is 9.97. The molecule has 2 nitrogen and oxygen atoms in total. The van der Waals surface area contributed by atoms with E-state index in [9.17, 15) is 0 Å². The second kappa shape index (κ2) is 10.5. The second-order valence-electron chi connectivity index (χ2n) is 5.81. The number of hydrogen-bond donors (Lipinski definition) is 1. The number of benzene rings is 2. The lowest BCUT2D eigenvalue weighted by molar-refractivity contribution is 0.174. The average molecular weight is 365 g/mol. The van der Waals surface area contributed by atoms with Gasteiger partial charge in [-0.3, -0.25) is 4.90 Å². The van der Waals surface area contributed by atoms with E-state index in [4.69, 9.17) is 0 Å². The summed E-state index contributed by atoms with van der Waals surface area (Å²) in [5.41, 5.74) is 3.94. The average Bonchev–Trinajstić information content (AvgIpc) is 2.61. The molecule has 1 saturated heterocycles. The molecular weight excluding hydrogens is 339 g/mol. The fourth-order valence-corrected chi connectivity index (χ4v) is 3.18. The molecule has 0 bridgehead atoms. The van der Waals surface area contributed by atoms with E-state index in [0.717, 1.165) is 32.6 Å². The highest BCUT2D eigenvalue weighted by atomic mass is 35.5. The summed E-state index contributed by atoms with van der Waals surface area (Å²) in [5.74, 6) is 0. The first-order chi connectivity index (χ1) is 10.9. The number of hydrogen-bond acceptors (Lipinski definition) is 2. The van der Waals surface area contributed by atoms with Crippen molar-refractivity contribution in [2.45, 2.75) is 12.5 Å². The summed E-state index contributed by atoms with van der Waals surface area (Å²) in [6, 6.07) is 20.0. The SMILES string of the molecule is C=CC[C@H](c1ccc(-c2ccccc2)cc1)N1CCNCC1.Cl.Cl. The highest BCUT2D eigenvalue weighted by Gasteiger charge is 2.20. The zero-order chi connectivity index (χ0) is 15.2. The Kier molecular flexibility index (Phi) is 9.09. The molecule has 0 spiro atoms. The van der Waals surface area contributed by atoms with Crippen molar-refractivity contribution in [2.75, 3.05) is 26.2 Å². The van der Waals surface area contributed by atoms with E-state index in [1.807, 2.05) is 6.08 Å². The molecule has 1 N–H and O–H groups in total. The molecule has 1 atom stereocenters. The van der Waals surface area contributed by atoms with Crippen LogP contribution in [0.1, 0.15) is 18.0 Å². The van der Waals surface area contributed by atoms with Crippen molar-refractivity contribution in [2.24, 2.45) is 0 Å². The van der Waals surface area contributed by atoms with E-state index in [-0.39, 0.29) is 24.8 Å². The molecule has 4 heteroatoms. The van der Waals surface area contributed by atoms with E-state index in [1.165, 1.54) is 16.7 Å². The summed E-state index contributed by atoms with van der Waals surface area (Å²) in [6.07, 6.45) is 3.04. The zero-order valence-electron chi connectivity index (χ0n) is 13.9. The predicted octanol–water partition coefficient (Wildman–Crippen LogP) is 4.72. The van der Waals surface area contributed by atoms with Gasteiger partial charge in [-0.2, -0.15) is 0 Å². The van der Waals surface area contributed by atoms with Gasteiger partial charge in [-0.05, 0) is 23.1 Å². The lowest BCUT2D eigenvalue weighted by Gasteiger charge is -2.34. The highest BCUT2D eigenvalue weighted by Crippen LogP contribution is 2.27. The Morgan fingerprint density at radius 3 is 2.08 bits per heavy atom. The Balaban J connectivity index is 0.00000144. The van der Waals surface area contributed by atoms with Crippen molar-refractivity contribution in [1.29, 1.82) is 0 Å². The molecule has 130 valence electrons. The molecule has 1 aliphatic heterocycles. The van der Waals surface area contributed by atoms with Gasteiger partial charge in [0.2, 0.25) is 0 Å². The van der Waals surface area contributed by atoms with Gasteiger partial charge in [-0.25, -0.2) is 0 Å². The van der Waals surface area contributed by atoms with Gasteiger partial charge in [-0.1, -0.05) is 60.7 Å². The number of halogens is 2. The second-order valence-corrected chi connectivity index (χ2v) is 5.81. The fraction of sp³-hybridized carbons (Fsp3) is 0.300. The smallest absolute Gasteiger partial charge is 0.0383 e. The summed E-state index contributed by atoms with van der Waals surface area (Å²) in [7, 11) is 0. The molecule has 0 amide bonds. The molecule has 24 heavy (non-hydrogen) atoms.